The highest BCUT2D eigenvalue weighted by Gasteiger charge is 2.11. The summed E-state index contributed by atoms with van der Waals surface area (Å²) in [4.78, 5) is 15.7. The highest BCUT2D eigenvalue weighted by Crippen LogP contribution is 2.26. The van der Waals surface area contributed by atoms with Gasteiger partial charge in [-0.2, -0.15) is 5.10 Å². The van der Waals surface area contributed by atoms with Crippen LogP contribution in [0.25, 0.3) is 0 Å². The number of nitrogens with zero attached hydrogens (tertiary/aromatic N) is 3. The average Bonchev–Trinajstić information content (AvgIpc) is 2.69. The van der Waals surface area contributed by atoms with E-state index in [1.807, 2.05) is 0 Å². The Labute approximate surface area is 119 Å². The summed E-state index contributed by atoms with van der Waals surface area (Å²) < 4.78 is 1.43. The van der Waals surface area contributed by atoms with Gasteiger partial charge in [-0.1, -0.05) is 23.2 Å². The number of aryl methyl sites for hydroxylation is 1. The minimum atomic E-state index is -0.280. The van der Waals surface area contributed by atoms with Crippen LogP contribution in [0.1, 0.15) is 5.56 Å². The Morgan fingerprint density at radius 1 is 1.53 bits per heavy atom. The van der Waals surface area contributed by atoms with E-state index in [0.29, 0.717) is 11.4 Å². The summed E-state index contributed by atoms with van der Waals surface area (Å²) in [6, 6.07) is 1.62. The van der Waals surface area contributed by atoms with Gasteiger partial charge < -0.3 is 11.1 Å². The number of pyridine rings is 1. The van der Waals surface area contributed by atoms with E-state index in [1.54, 1.807) is 19.2 Å². The molecule has 3 N–H and O–H groups in total. The van der Waals surface area contributed by atoms with Crippen LogP contribution in [-0.4, -0.2) is 20.7 Å². The number of aromatic nitrogens is 3. The van der Waals surface area contributed by atoms with Gasteiger partial charge in [0.05, 0.1) is 17.6 Å². The molecule has 2 aromatic heterocycles. The SMILES string of the molecule is Cc1cc(Cl)nc(Cl)c1NC(=O)Cn1cc(N)cn1. The normalized spacial score (nSPS) is 10.5. The number of anilines is 2. The number of rotatable bonds is 3. The molecule has 8 heteroatoms. The van der Waals surface area contributed by atoms with Crippen LogP contribution in [0.4, 0.5) is 11.4 Å². The Morgan fingerprint density at radius 2 is 2.26 bits per heavy atom. The predicted octanol–water partition coefficient (Wildman–Crippen LogP) is 2.11. The van der Waals surface area contributed by atoms with Crippen molar-refractivity contribution in [2.75, 3.05) is 11.1 Å². The smallest absolute Gasteiger partial charge is 0.246 e. The molecule has 0 atom stereocenters. The van der Waals surface area contributed by atoms with E-state index in [9.17, 15) is 4.79 Å². The highest BCUT2D eigenvalue weighted by atomic mass is 35.5. The predicted molar refractivity (Wildman–Crippen MR) is 74.3 cm³/mol. The first-order valence-corrected chi connectivity index (χ1v) is 6.11. The van der Waals surface area contributed by atoms with Crippen molar-refractivity contribution in [3.05, 3.63) is 34.3 Å². The third kappa shape index (κ3) is 3.36. The number of nitrogens with two attached hydrogens (primary N) is 1. The first-order chi connectivity index (χ1) is 8.95. The number of hydrogen-bond donors (Lipinski definition) is 2. The van der Waals surface area contributed by atoms with Gasteiger partial charge in [0.15, 0.2) is 5.15 Å². The zero-order chi connectivity index (χ0) is 14.0. The Morgan fingerprint density at radius 3 is 2.84 bits per heavy atom. The highest BCUT2D eigenvalue weighted by molar-refractivity contribution is 6.34. The van der Waals surface area contributed by atoms with Gasteiger partial charge in [0.2, 0.25) is 5.91 Å². The van der Waals surface area contributed by atoms with Crippen LogP contribution >= 0.6 is 23.2 Å². The molecule has 0 saturated heterocycles. The van der Waals surface area contributed by atoms with E-state index in [1.165, 1.54) is 10.9 Å². The second kappa shape index (κ2) is 5.46. The van der Waals surface area contributed by atoms with E-state index in [-0.39, 0.29) is 22.8 Å². The van der Waals surface area contributed by atoms with Crippen molar-refractivity contribution in [1.29, 1.82) is 0 Å². The first kappa shape index (κ1) is 13.6. The summed E-state index contributed by atoms with van der Waals surface area (Å²) in [5.74, 6) is -0.280. The van der Waals surface area contributed by atoms with Crippen LogP contribution < -0.4 is 11.1 Å². The van der Waals surface area contributed by atoms with E-state index < -0.39 is 0 Å². The van der Waals surface area contributed by atoms with Crippen molar-refractivity contribution in [2.45, 2.75) is 13.5 Å². The van der Waals surface area contributed by atoms with Crippen molar-refractivity contribution >= 4 is 40.5 Å². The minimum Gasteiger partial charge on any atom is -0.396 e. The first-order valence-electron chi connectivity index (χ1n) is 5.36. The number of nitrogens with one attached hydrogen (secondary N) is 1. The van der Waals surface area contributed by atoms with Gasteiger partial charge in [0.25, 0.3) is 0 Å². The third-order valence-electron chi connectivity index (χ3n) is 2.36. The number of carbonyl (C=O) groups excluding carboxylic acids is 1. The van der Waals surface area contributed by atoms with Crippen LogP contribution in [0.2, 0.25) is 10.3 Å². The summed E-state index contributed by atoms with van der Waals surface area (Å²) >= 11 is 11.7. The van der Waals surface area contributed by atoms with Gasteiger partial charge >= 0.3 is 0 Å². The zero-order valence-electron chi connectivity index (χ0n) is 10.0. The standard InChI is InChI=1S/C11H11Cl2N5O/c1-6-2-8(12)16-11(13)10(6)17-9(19)5-18-4-7(14)3-15-18/h2-4H,5,14H2,1H3,(H,17,19). The summed E-state index contributed by atoms with van der Waals surface area (Å²) in [5.41, 5.74) is 7.18. The van der Waals surface area contributed by atoms with Crippen LogP contribution in [-0.2, 0) is 11.3 Å². The van der Waals surface area contributed by atoms with Crippen molar-refractivity contribution in [1.82, 2.24) is 14.8 Å². The van der Waals surface area contributed by atoms with E-state index >= 15 is 0 Å². The maximum Gasteiger partial charge on any atom is 0.246 e. The lowest BCUT2D eigenvalue weighted by Gasteiger charge is -2.10. The van der Waals surface area contributed by atoms with Crippen molar-refractivity contribution in [3.63, 3.8) is 0 Å². The largest absolute Gasteiger partial charge is 0.396 e. The number of carbonyl (C=O) groups is 1. The molecule has 0 spiro atoms. The quantitative estimate of drug-likeness (QED) is 0.850. The number of halogens is 2. The summed E-state index contributed by atoms with van der Waals surface area (Å²) in [5, 5.41) is 7.02. The molecule has 0 bridgehead atoms. The molecule has 100 valence electrons. The van der Waals surface area contributed by atoms with E-state index in [4.69, 9.17) is 28.9 Å². The number of nitrogen functional groups attached to an aromatic ring is 1. The maximum atomic E-state index is 11.8. The van der Waals surface area contributed by atoms with Crippen LogP contribution in [0.3, 0.4) is 0 Å². The topological polar surface area (TPSA) is 85.8 Å². The molecule has 0 aliphatic heterocycles. The molecule has 0 fully saturated rings. The number of hydrogen-bond acceptors (Lipinski definition) is 4. The molecular formula is C11H11Cl2N5O. The summed E-state index contributed by atoms with van der Waals surface area (Å²) in [6.07, 6.45) is 3.03. The number of amides is 1. The lowest BCUT2D eigenvalue weighted by Crippen LogP contribution is -2.20. The van der Waals surface area contributed by atoms with Crippen LogP contribution in [0.5, 0.6) is 0 Å². The molecule has 0 radical (unpaired) electrons. The second-order valence-corrected chi connectivity index (χ2v) is 4.69. The molecule has 2 rings (SSSR count). The molecular weight excluding hydrogens is 289 g/mol. The van der Waals surface area contributed by atoms with Gasteiger partial charge in [0, 0.05) is 6.20 Å². The fourth-order valence-corrected chi connectivity index (χ4v) is 2.12. The molecule has 2 heterocycles. The fraction of sp³-hybridized carbons (Fsp3) is 0.182. The molecule has 0 aromatic carbocycles. The molecule has 0 aliphatic rings. The van der Waals surface area contributed by atoms with Crippen molar-refractivity contribution < 1.29 is 4.79 Å². The van der Waals surface area contributed by atoms with Gasteiger partial charge in [0.1, 0.15) is 11.7 Å². The molecule has 6 nitrogen and oxygen atoms in total. The Balaban J connectivity index is 2.11. The van der Waals surface area contributed by atoms with Crippen molar-refractivity contribution in [3.8, 4) is 0 Å². The second-order valence-electron chi connectivity index (χ2n) is 3.95. The molecule has 2 aromatic rings. The average molecular weight is 300 g/mol. The van der Waals surface area contributed by atoms with Gasteiger partial charge in [-0.05, 0) is 18.6 Å². The Kier molecular flexibility index (Phi) is 3.92. The lowest BCUT2D eigenvalue weighted by molar-refractivity contribution is -0.116. The molecule has 0 unspecified atom stereocenters. The lowest BCUT2D eigenvalue weighted by atomic mass is 10.2. The van der Waals surface area contributed by atoms with Gasteiger partial charge in [-0.3, -0.25) is 9.48 Å². The Hall–Kier alpha value is -1.79. The molecule has 0 aliphatic carbocycles. The minimum absolute atomic E-state index is 0.0373. The van der Waals surface area contributed by atoms with E-state index in [2.05, 4.69) is 15.4 Å². The molecule has 19 heavy (non-hydrogen) atoms. The van der Waals surface area contributed by atoms with Gasteiger partial charge in [-0.25, -0.2) is 4.98 Å². The molecule has 0 saturated carbocycles. The zero-order valence-corrected chi connectivity index (χ0v) is 11.5. The van der Waals surface area contributed by atoms with Crippen LogP contribution in [0.15, 0.2) is 18.5 Å². The Bertz CT molecular complexity index is 602. The maximum absolute atomic E-state index is 11.8. The molecule has 1 amide bonds. The van der Waals surface area contributed by atoms with Gasteiger partial charge in [-0.15, -0.1) is 0 Å². The summed E-state index contributed by atoms with van der Waals surface area (Å²) in [7, 11) is 0. The monoisotopic (exact) mass is 299 g/mol. The summed E-state index contributed by atoms with van der Waals surface area (Å²) in [6.45, 7) is 1.82. The van der Waals surface area contributed by atoms with E-state index in [0.717, 1.165) is 5.56 Å². The van der Waals surface area contributed by atoms with Crippen LogP contribution in [0, 0.1) is 6.92 Å². The van der Waals surface area contributed by atoms with Crippen molar-refractivity contribution in [2.24, 2.45) is 0 Å². The fourth-order valence-electron chi connectivity index (χ4n) is 1.54. The third-order valence-corrected chi connectivity index (χ3v) is 2.83.